The highest BCUT2D eigenvalue weighted by atomic mass is 19.1. The maximum atomic E-state index is 14.8. The quantitative estimate of drug-likeness (QED) is 0.622. The molecule has 0 amide bonds. The Morgan fingerprint density at radius 2 is 1.84 bits per heavy atom. The summed E-state index contributed by atoms with van der Waals surface area (Å²) in [5.41, 5.74) is 0.729. The number of ether oxygens (including phenoxy) is 2. The standard InChI is InChI=1S/C20H20F2O3/c1-2-4-12-6-7-14-15-8-9-16(24-11-13-5-3-10-23-13)18(22)20(15)25-19(14)17(12)21/h6-9,13H,2-5,10-11H2,1H3. The Morgan fingerprint density at radius 1 is 1.08 bits per heavy atom. The molecule has 1 saturated heterocycles. The van der Waals surface area contributed by atoms with Crippen molar-refractivity contribution in [3.63, 3.8) is 0 Å². The van der Waals surface area contributed by atoms with Crippen molar-refractivity contribution in [3.05, 3.63) is 41.5 Å². The summed E-state index contributed by atoms with van der Waals surface area (Å²) in [7, 11) is 0. The average Bonchev–Trinajstić information content (AvgIpc) is 3.25. The van der Waals surface area contributed by atoms with Crippen LogP contribution in [0.4, 0.5) is 8.78 Å². The summed E-state index contributed by atoms with van der Waals surface area (Å²) in [5.74, 6) is -0.892. The van der Waals surface area contributed by atoms with Crippen molar-refractivity contribution in [2.24, 2.45) is 0 Å². The summed E-state index contributed by atoms with van der Waals surface area (Å²) in [6, 6.07) is 6.82. The van der Waals surface area contributed by atoms with Gasteiger partial charge in [-0.1, -0.05) is 19.4 Å². The van der Waals surface area contributed by atoms with E-state index in [1.54, 1.807) is 24.3 Å². The SMILES string of the molecule is CCCc1ccc2c(oc3c(F)c(OCC4CCCO4)ccc32)c1F. The minimum Gasteiger partial charge on any atom is -0.488 e. The zero-order chi connectivity index (χ0) is 17.4. The lowest BCUT2D eigenvalue weighted by Crippen LogP contribution is -2.16. The lowest BCUT2D eigenvalue weighted by Gasteiger charge is -2.11. The fraction of sp³-hybridized carbons (Fsp3) is 0.400. The minimum atomic E-state index is -0.594. The molecule has 0 N–H and O–H groups in total. The molecule has 1 aliphatic heterocycles. The van der Waals surface area contributed by atoms with E-state index in [-0.39, 0.29) is 23.0 Å². The molecule has 0 bridgehead atoms. The molecule has 0 aliphatic carbocycles. The summed E-state index contributed by atoms with van der Waals surface area (Å²) in [6.07, 6.45) is 3.37. The molecule has 1 aliphatic rings. The summed E-state index contributed by atoms with van der Waals surface area (Å²) in [6.45, 7) is 3.01. The molecular formula is C20H20F2O3. The fourth-order valence-electron chi connectivity index (χ4n) is 3.39. The molecule has 1 atom stereocenters. The highest BCUT2D eigenvalue weighted by molar-refractivity contribution is 6.05. The summed E-state index contributed by atoms with van der Waals surface area (Å²) in [4.78, 5) is 0. The second-order valence-corrected chi connectivity index (χ2v) is 6.47. The van der Waals surface area contributed by atoms with E-state index >= 15 is 0 Å². The number of fused-ring (bicyclic) bond motifs is 3. The Balaban J connectivity index is 1.72. The lowest BCUT2D eigenvalue weighted by atomic mass is 10.1. The Bertz CT molecular complexity index is 910. The summed E-state index contributed by atoms with van der Waals surface area (Å²) >= 11 is 0. The smallest absolute Gasteiger partial charge is 0.208 e. The van der Waals surface area contributed by atoms with Crippen molar-refractivity contribution >= 4 is 21.9 Å². The molecule has 2 heterocycles. The molecular weight excluding hydrogens is 326 g/mol. The van der Waals surface area contributed by atoms with E-state index in [9.17, 15) is 8.78 Å². The van der Waals surface area contributed by atoms with Gasteiger partial charge in [-0.05, 0) is 43.0 Å². The summed E-state index contributed by atoms with van der Waals surface area (Å²) in [5, 5.41) is 1.14. The first-order chi connectivity index (χ1) is 12.2. The molecule has 1 unspecified atom stereocenters. The van der Waals surface area contributed by atoms with Crippen LogP contribution in [0.1, 0.15) is 31.7 Å². The van der Waals surface area contributed by atoms with E-state index < -0.39 is 11.6 Å². The number of benzene rings is 2. The van der Waals surface area contributed by atoms with Gasteiger partial charge in [0.15, 0.2) is 22.7 Å². The Kier molecular flexibility index (Phi) is 4.34. The van der Waals surface area contributed by atoms with Gasteiger partial charge >= 0.3 is 0 Å². The van der Waals surface area contributed by atoms with Crippen LogP contribution in [0, 0.1) is 11.6 Å². The fourth-order valence-corrected chi connectivity index (χ4v) is 3.39. The van der Waals surface area contributed by atoms with Crippen molar-refractivity contribution < 1.29 is 22.7 Å². The van der Waals surface area contributed by atoms with Gasteiger partial charge < -0.3 is 13.9 Å². The normalized spacial score (nSPS) is 17.6. The Labute approximate surface area is 144 Å². The predicted molar refractivity (Wildman–Crippen MR) is 92.1 cm³/mol. The third kappa shape index (κ3) is 2.86. The average molecular weight is 346 g/mol. The van der Waals surface area contributed by atoms with Crippen LogP contribution in [0.2, 0.25) is 0 Å². The van der Waals surface area contributed by atoms with Gasteiger partial charge in [0.1, 0.15) is 6.61 Å². The molecule has 25 heavy (non-hydrogen) atoms. The number of halogens is 2. The summed E-state index contributed by atoms with van der Waals surface area (Å²) < 4.78 is 46.0. The van der Waals surface area contributed by atoms with Crippen LogP contribution < -0.4 is 4.74 Å². The second-order valence-electron chi connectivity index (χ2n) is 6.47. The van der Waals surface area contributed by atoms with Crippen LogP contribution in [0.3, 0.4) is 0 Å². The van der Waals surface area contributed by atoms with Gasteiger partial charge in [-0.15, -0.1) is 0 Å². The number of aryl methyl sites for hydroxylation is 1. The second kappa shape index (κ2) is 6.64. The van der Waals surface area contributed by atoms with Crippen LogP contribution in [0.25, 0.3) is 21.9 Å². The van der Waals surface area contributed by atoms with Crippen LogP contribution in [-0.4, -0.2) is 19.3 Å². The van der Waals surface area contributed by atoms with E-state index in [1.807, 2.05) is 6.92 Å². The minimum absolute atomic E-state index is 0.000170. The number of hydrogen-bond acceptors (Lipinski definition) is 3. The molecule has 0 spiro atoms. The van der Waals surface area contributed by atoms with Gasteiger partial charge in [-0.25, -0.2) is 4.39 Å². The van der Waals surface area contributed by atoms with Crippen molar-refractivity contribution in [1.29, 1.82) is 0 Å². The van der Waals surface area contributed by atoms with Crippen LogP contribution in [0.5, 0.6) is 5.75 Å². The molecule has 5 heteroatoms. The third-order valence-electron chi connectivity index (χ3n) is 4.70. The van der Waals surface area contributed by atoms with Crippen molar-refractivity contribution in [2.45, 2.75) is 38.7 Å². The van der Waals surface area contributed by atoms with Crippen LogP contribution in [0.15, 0.2) is 28.7 Å². The van der Waals surface area contributed by atoms with Gasteiger partial charge in [0.25, 0.3) is 0 Å². The zero-order valence-electron chi connectivity index (χ0n) is 14.1. The first-order valence-electron chi connectivity index (χ1n) is 8.75. The molecule has 0 radical (unpaired) electrons. The van der Waals surface area contributed by atoms with Crippen LogP contribution in [-0.2, 0) is 11.2 Å². The molecule has 132 valence electrons. The molecule has 0 saturated carbocycles. The lowest BCUT2D eigenvalue weighted by molar-refractivity contribution is 0.0666. The maximum absolute atomic E-state index is 14.8. The third-order valence-corrected chi connectivity index (χ3v) is 4.70. The van der Waals surface area contributed by atoms with E-state index in [2.05, 4.69) is 0 Å². The highest BCUT2D eigenvalue weighted by Gasteiger charge is 2.21. The van der Waals surface area contributed by atoms with Gasteiger partial charge in [-0.2, -0.15) is 4.39 Å². The highest BCUT2D eigenvalue weighted by Crippen LogP contribution is 2.36. The molecule has 2 aromatic carbocycles. The number of hydrogen-bond donors (Lipinski definition) is 0. The van der Waals surface area contributed by atoms with Gasteiger partial charge in [0, 0.05) is 17.4 Å². The van der Waals surface area contributed by atoms with Crippen molar-refractivity contribution in [1.82, 2.24) is 0 Å². The van der Waals surface area contributed by atoms with Crippen molar-refractivity contribution in [2.75, 3.05) is 13.2 Å². The van der Waals surface area contributed by atoms with E-state index in [1.165, 1.54) is 0 Å². The topological polar surface area (TPSA) is 31.6 Å². The van der Waals surface area contributed by atoms with E-state index in [4.69, 9.17) is 13.9 Å². The predicted octanol–water partition coefficient (Wildman–Crippen LogP) is 5.37. The van der Waals surface area contributed by atoms with Crippen molar-refractivity contribution in [3.8, 4) is 5.75 Å². The van der Waals surface area contributed by atoms with Gasteiger partial charge in [0.05, 0.1) is 6.10 Å². The molecule has 3 aromatic rings. The van der Waals surface area contributed by atoms with E-state index in [0.717, 1.165) is 25.9 Å². The molecule has 1 fully saturated rings. The molecule has 3 nitrogen and oxygen atoms in total. The van der Waals surface area contributed by atoms with Crippen LogP contribution >= 0.6 is 0 Å². The number of furan rings is 1. The maximum Gasteiger partial charge on any atom is 0.208 e. The van der Waals surface area contributed by atoms with E-state index in [0.29, 0.717) is 29.4 Å². The first kappa shape index (κ1) is 16.3. The largest absolute Gasteiger partial charge is 0.488 e. The Hall–Kier alpha value is -2.14. The van der Waals surface area contributed by atoms with Gasteiger partial charge in [0.2, 0.25) is 5.82 Å². The molecule has 4 rings (SSSR count). The first-order valence-corrected chi connectivity index (χ1v) is 8.75. The zero-order valence-corrected chi connectivity index (χ0v) is 14.1. The molecule has 1 aromatic heterocycles. The Morgan fingerprint density at radius 3 is 2.56 bits per heavy atom. The van der Waals surface area contributed by atoms with Gasteiger partial charge in [-0.3, -0.25) is 0 Å². The number of rotatable bonds is 5. The monoisotopic (exact) mass is 346 g/mol.